The summed E-state index contributed by atoms with van der Waals surface area (Å²) in [4.78, 5) is 0. The van der Waals surface area contributed by atoms with Crippen molar-refractivity contribution in [3.05, 3.63) is 33.2 Å². The van der Waals surface area contributed by atoms with E-state index in [1.807, 2.05) is 0 Å². The lowest BCUT2D eigenvalue weighted by molar-refractivity contribution is 0.428. The van der Waals surface area contributed by atoms with E-state index in [0.717, 1.165) is 0 Å². The summed E-state index contributed by atoms with van der Waals surface area (Å²) in [6.07, 6.45) is 0. The van der Waals surface area contributed by atoms with Gasteiger partial charge in [0.2, 0.25) is 0 Å². The van der Waals surface area contributed by atoms with Crippen LogP contribution in [0.2, 0.25) is 0 Å². The van der Waals surface area contributed by atoms with Gasteiger partial charge >= 0.3 is 0 Å². The second-order valence-electron chi connectivity index (χ2n) is 2.96. The van der Waals surface area contributed by atoms with Crippen molar-refractivity contribution in [1.82, 2.24) is 5.16 Å². The third-order valence-corrected chi connectivity index (χ3v) is 2.94. The van der Waals surface area contributed by atoms with Gasteiger partial charge in [0.25, 0.3) is 0 Å². The second kappa shape index (κ2) is 3.96. The summed E-state index contributed by atoms with van der Waals surface area (Å²) >= 11 is 1.74. The molecule has 0 aliphatic heterocycles. The monoisotopic (exact) mass is 340 g/mol. The summed E-state index contributed by atoms with van der Waals surface area (Å²) in [5.41, 5.74) is 4.90. The van der Waals surface area contributed by atoms with E-state index in [1.165, 1.54) is 0 Å². The standard InChI is InChI=1S/C9H4F3IN2O/c10-3-1-4(11)6(5(12)2-3)8-7(13)9(14)15-16-8/h1-2H,(H2,14,15). The van der Waals surface area contributed by atoms with Crippen LogP contribution in [0.3, 0.4) is 0 Å². The zero-order valence-electron chi connectivity index (χ0n) is 7.60. The predicted molar refractivity (Wildman–Crippen MR) is 58.9 cm³/mol. The highest BCUT2D eigenvalue weighted by molar-refractivity contribution is 14.1. The van der Waals surface area contributed by atoms with E-state index in [4.69, 9.17) is 10.3 Å². The Bertz CT molecular complexity index is 533. The van der Waals surface area contributed by atoms with Crippen LogP contribution in [0.4, 0.5) is 19.0 Å². The van der Waals surface area contributed by atoms with Crippen molar-refractivity contribution >= 4 is 28.4 Å². The molecule has 0 spiro atoms. The smallest absolute Gasteiger partial charge is 0.188 e. The Morgan fingerprint density at radius 3 is 2.19 bits per heavy atom. The normalized spacial score (nSPS) is 10.8. The molecule has 1 aromatic heterocycles. The molecule has 2 aromatic rings. The van der Waals surface area contributed by atoms with Crippen molar-refractivity contribution in [3.63, 3.8) is 0 Å². The zero-order chi connectivity index (χ0) is 11.9. The molecule has 0 aliphatic carbocycles. The average molecular weight is 340 g/mol. The minimum absolute atomic E-state index is 0.0266. The molecular formula is C9H4F3IN2O. The first-order valence-corrected chi connectivity index (χ1v) is 5.14. The fourth-order valence-corrected chi connectivity index (χ4v) is 1.67. The van der Waals surface area contributed by atoms with Crippen LogP contribution in [-0.2, 0) is 0 Å². The van der Waals surface area contributed by atoms with Gasteiger partial charge in [0.1, 0.15) is 21.0 Å². The number of anilines is 1. The minimum Gasteiger partial charge on any atom is -0.380 e. The Kier molecular flexibility index (Phi) is 2.78. The number of aromatic nitrogens is 1. The van der Waals surface area contributed by atoms with E-state index in [0.29, 0.717) is 12.1 Å². The summed E-state index contributed by atoms with van der Waals surface area (Å²) < 4.78 is 44.4. The number of halogens is 4. The van der Waals surface area contributed by atoms with Crippen LogP contribution < -0.4 is 5.73 Å². The highest BCUT2D eigenvalue weighted by atomic mass is 127. The number of nitrogens with two attached hydrogens (primary N) is 1. The molecule has 1 aromatic carbocycles. The van der Waals surface area contributed by atoms with Gasteiger partial charge in [-0.05, 0) is 22.6 Å². The van der Waals surface area contributed by atoms with Gasteiger partial charge in [0.15, 0.2) is 11.6 Å². The van der Waals surface area contributed by atoms with E-state index in [2.05, 4.69) is 5.16 Å². The maximum absolute atomic E-state index is 13.4. The van der Waals surface area contributed by atoms with Crippen LogP contribution in [0.15, 0.2) is 16.7 Å². The summed E-state index contributed by atoms with van der Waals surface area (Å²) in [6.45, 7) is 0. The molecule has 16 heavy (non-hydrogen) atoms. The van der Waals surface area contributed by atoms with Crippen molar-refractivity contribution in [3.8, 4) is 11.3 Å². The molecule has 0 saturated heterocycles. The zero-order valence-corrected chi connectivity index (χ0v) is 9.76. The molecule has 3 nitrogen and oxygen atoms in total. The summed E-state index contributed by atoms with van der Waals surface area (Å²) in [5.74, 6) is -3.24. The molecule has 0 radical (unpaired) electrons. The fourth-order valence-electron chi connectivity index (χ4n) is 1.21. The van der Waals surface area contributed by atoms with Crippen molar-refractivity contribution in [2.75, 3.05) is 5.73 Å². The molecule has 0 unspecified atom stereocenters. The fraction of sp³-hybridized carbons (Fsp3) is 0. The van der Waals surface area contributed by atoms with Gasteiger partial charge in [0, 0.05) is 12.1 Å². The molecule has 7 heteroatoms. The molecule has 2 N–H and O–H groups in total. The Balaban J connectivity index is 2.69. The highest BCUT2D eigenvalue weighted by Gasteiger charge is 2.21. The SMILES string of the molecule is Nc1noc(-c2c(F)cc(F)cc2F)c1I. The molecule has 0 bridgehead atoms. The van der Waals surface area contributed by atoms with Gasteiger partial charge in [-0.15, -0.1) is 0 Å². The van der Waals surface area contributed by atoms with Crippen molar-refractivity contribution < 1.29 is 17.7 Å². The number of rotatable bonds is 1. The third kappa shape index (κ3) is 1.75. The molecule has 0 amide bonds. The first kappa shape index (κ1) is 11.2. The minimum atomic E-state index is -1.06. The number of hydrogen-bond donors (Lipinski definition) is 1. The molecular weight excluding hydrogens is 336 g/mol. The van der Waals surface area contributed by atoms with E-state index >= 15 is 0 Å². The summed E-state index contributed by atoms with van der Waals surface area (Å²) in [6, 6.07) is 1.13. The Labute approximate surface area is 102 Å². The molecule has 0 atom stereocenters. The number of nitrogen functional groups attached to an aromatic ring is 1. The van der Waals surface area contributed by atoms with Gasteiger partial charge in [-0.2, -0.15) is 0 Å². The molecule has 0 saturated carbocycles. The molecule has 2 rings (SSSR count). The quantitative estimate of drug-likeness (QED) is 0.813. The molecule has 0 aliphatic rings. The largest absolute Gasteiger partial charge is 0.380 e. The van der Waals surface area contributed by atoms with E-state index in [-0.39, 0.29) is 15.1 Å². The average Bonchev–Trinajstić information content (AvgIpc) is 2.48. The number of hydrogen-bond acceptors (Lipinski definition) is 3. The van der Waals surface area contributed by atoms with Crippen LogP contribution in [-0.4, -0.2) is 5.16 Å². The third-order valence-electron chi connectivity index (χ3n) is 1.89. The van der Waals surface area contributed by atoms with Crippen LogP contribution in [0.25, 0.3) is 11.3 Å². The number of nitrogens with zero attached hydrogens (tertiary/aromatic N) is 1. The van der Waals surface area contributed by atoms with E-state index in [9.17, 15) is 13.2 Å². The van der Waals surface area contributed by atoms with Gasteiger partial charge in [-0.25, -0.2) is 13.2 Å². The van der Waals surface area contributed by atoms with Gasteiger partial charge in [0.05, 0.1) is 5.56 Å². The van der Waals surface area contributed by atoms with Crippen molar-refractivity contribution in [2.24, 2.45) is 0 Å². The van der Waals surface area contributed by atoms with Crippen molar-refractivity contribution in [1.29, 1.82) is 0 Å². The maximum atomic E-state index is 13.4. The van der Waals surface area contributed by atoms with Gasteiger partial charge in [-0.3, -0.25) is 0 Å². The first-order chi connectivity index (χ1) is 7.50. The highest BCUT2D eigenvalue weighted by Crippen LogP contribution is 2.33. The van der Waals surface area contributed by atoms with Crippen LogP contribution in [0.1, 0.15) is 0 Å². The lowest BCUT2D eigenvalue weighted by Gasteiger charge is -2.01. The van der Waals surface area contributed by atoms with Crippen LogP contribution in [0.5, 0.6) is 0 Å². The van der Waals surface area contributed by atoms with Crippen LogP contribution in [0, 0.1) is 21.0 Å². The maximum Gasteiger partial charge on any atom is 0.188 e. The Morgan fingerprint density at radius 1 is 1.19 bits per heavy atom. The van der Waals surface area contributed by atoms with Gasteiger partial charge < -0.3 is 10.3 Å². The Morgan fingerprint density at radius 2 is 1.75 bits per heavy atom. The molecule has 0 fully saturated rings. The van der Waals surface area contributed by atoms with Crippen molar-refractivity contribution in [2.45, 2.75) is 0 Å². The van der Waals surface area contributed by atoms with Gasteiger partial charge in [-0.1, -0.05) is 5.16 Å². The predicted octanol–water partition coefficient (Wildman–Crippen LogP) is 2.95. The Hall–Kier alpha value is -1.25. The molecule has 1 heterocycles. The lowest BCUT2D eigenvalue weighted by Crippen LogP contribution is -1.93. The molecule has 84 valence electrons. The number of benzene rings is 1. The van der Waals surface area contributed by atoms with E-state index < -0.39 is 23.0 Å². The second-order valence-corrected chi connectivity index (χ2v) is 4.03. The summed E-state index contributed by atoms with van der Waals surface area (Å²) in [5, 5.41) is 3.37. The van der Waals surface area contributed by atoms with Crippen LogP contribution >= 0.6 is 22.6 Å². The summed E-state index contributed by atoms with van der Waals surface area (Å²) in [7, 11) is 0. The topological polar surface area (TPSA) is 52.0 Å². The lowest BCUT2D eigenvalue weighted by atomic mass is 10.1. The van der Waals surface area contributed by atoms with E-state index in [1.54, 1.807) is 22.6 Å². The first-order valence-electron chi connectivity index (χ1n) is 4.06.